The third-order valence-corrected chi connectivity index (χ3v) is 5.24. The van der Waals surface area contributed by atoms with Crippen LogP contribution in [0.1, 0.15) is 48.8 Å². The summed E-state index contributed by atoms with van der Waals surface area (Å²) in [5.74, 6) is -0.713. The van der Waals surface area contributed by atoms with Gasteiger partial charge in [0.1, 0.15) is 0 Å². The number of benzene rings is 3. The Hall–Kier alpha value is -2.87. The molecule has 2 heteroatoms. The molecule has 0 amide bonds. The number of carboxylic acid groups (broad SMARTS) is 1. The zero-order chi connectivity index (χ0) is 19.0. The standard InChI is InChI=1S/C25H26O2/c26-24(27)19-11-4-12-20-25(21-13-5-1-6-14-21,22-15-7-2-8-16-22)23-17-9-3-10-18-23/h1-3,5-10,13-18H,4,11-12,19-20H2,(H,26,27). The van der Waals surface area contributed by atoms with Gasteiger partial charge in [-0.3, -0.25) is 4.79 Å². The highest BCUT2D eigenvalue weighted by molar-refractivity contribution is 5.66. The molecule has 1 N–H and O–H groups in total. The van der Waals surface area contributed by atoms with Crippen LogP contribution in [0.5, 0.6) is 0 Å². The second-order valence-corrected chi connectivity index (χ2v) is 6.96. The predicted octanol–water partition coefficient (Wildman–Crippen LogP) is 6.06. The van der Waals surface area contributed by atoms with Crippen molar-refractivity contribution in [1.82, 2.24) is 0 Å². The quantitative estimate of drug-likeness (QED) is 0.373. The summed E-state index contributed by atoms with van der Waals surface area (Å²) in [6, 6.07) is 32.0. The third kappa shape index (κ3) is 4.46. The second-order valence-electron chi connectivity index (χ2n) is 6.96. The molecule has 3 aromatic rings. The lowest BCUT2D eigenvalue weighted by Crippen LogP contribution is -2.29. The molecule has 0 heterocycles. The molecule has 0 radical (unpaired) electrons. The van der Waals surface area contributed by atoms with E-state index in [2.05, 4.69) is 91.0 Å². The van der Waals surface area contributed by atoms with Gasteiger partial charge in [0.25, 0.3) is 0 Å². The normalized spacial score (nSPS) is 11.3. The van der Waals surface area contributed by atoms with Gasteiger partial charge in [-0.2, -0.15) is 0 Å². The minimum absolute atomic E-state index is 0.229. The van der Waals surface area contributed by atoms with Crippen molar-refractivity contribution in [2.75, 3.05) is 0 Å². The van der Waals surface area contributed by atoms with E-state index >= 15 is 0 Å². The number of carbonyl (C=O) groups is 1. The summed E-state index contributed by atoms with van der Waals surface area (Å²) in [5, 5.41) is 8.91. The SMILES string of the molecule is O=C(O)CCCCCC(c1ccccc1)(c1ccccc1)c1ccccc1. The molecular formula is C25H26O2. The van der Waals surface area contributed by atoms with E-state index < -0.39 is 5.97 Å². The first-order chi connectivity index (χ1) is 13.2. The van der Waals surface area contributed by atoms with Crippen molar-refractivity contribution >= 4 is 5.97 Å². The predicted molar refractivity (Wildman–Crippen MR) is 110 cm³/mol. The summed E-state index contributed by atoms with van der Waals surface area (Å²) in [7, 11) is 0. The van der Waals surface area contributed by atoms with Crippen molar-refractivity contribution in [3.8, 4) is 0 Å². The number of unbranched alkanes of at least 4 members (excludes halogenated alkanes) is 2. The Morgan fingerprint density at radius 2 is 1.04 bits per heavy atom. The van der Waals surface area contributed by atoms with Crippen molar-refractivity contribution in [3.05, 3.63) is 108 Å². The average Bonchev–Trinajstić information content (AvgIpc) is 2.73. The first kappa shape index (κ1) is 18.9. The highest BCUT2D eigenvalue weighted by Gasteiger charge is 2.35. The van der Waals surface area contributed by atoms with E-state index in [9.17, 15) is 4.79 Å². The monoisotopic (exact) mass is 358 g/mol. The number of hydrogen-bond donors (Lipinski definition) is 1. The molecule has 0 unspecified atom stereocenters. The molecule has 0 bridgehead atoms. The Balaban J connectivity index is 2.02. The lowest BCUT2D eigenvalue weighted by molar-refractivity contribution is -0.137. The molecule has 3 rings (SSSR count). The number of carboxylic acids is 1. The molecule has 138 valence electrons. The fraction of sp³-hybridized carbons (Fsp3) is 0.240. The van der Waals surface area contributed by atoms with Crippen LogP contribution in [0.25, 0.3) is 0 Å². The fourth-order valence-electron chi connectivity index (χ4n) is 3.94. The lowest BCUT2D eigenvalue weighted by Gasteiger charge is -2.36. The number of hydrogen-bond acceptors (Lipinski definition) is 1. The van der Waals surface area contributed by atoms with Crippen molar-refractivity contribution in [1.29, 1.82) is 0 Å². The van der Waals surface area contributed by atoms with Crippen molar-refractivity contribution in [2.45, 2.75) is 37.5 Å². The topological polar surface area (TPSA) is 37.3 Å². The summed E-state index contributed by atoms with van der Waals surface area (Å²) in [4.78, 5) is 10.8. The van der Waals surface area contributed by atoms with Gasteiger partial charge in [0.2, 0.25) is 0 Å². The summed E-state index contributed by atoms with van der Waals surface area (Å²) < 4.78 is 0. The van der Waals surface area contributed by atoms with Crippen LogP contribution >= 0.6 is 0 Å². The van der Waals surface area contributed by atoms with E-state index in [1.54, 1.807) is 0 Å². The molecule has 0 spiro atoms. The minimum Gasteiger partial charge on any atom is -0.481 e. The average molecular weight is 358 g/mol. The summed E-state index contributed by atoms with van der Waals surface area (Å²) in [5.41, 5.74) is 3.61. The van der Waals surface area contributed by atoms with E-state index in [1.807, 2.05) is 0 Å². The smallest absolute Gasteiger partial charge is 0.303 e. The molecule has 0 atom stereocenters. The highest BCUT2D eigenvalue weighted by atomic mass is 16.4. The molecule has 27 heavy (non-hydrogen) atoms. The van der Waals surface area contributed by atoms with Crippen LogP contribution in [0.2, 0.25) is 0 Å². The zero-order valence-electron chi connectivity index (χ0n) is 15.6. The summed E-state index contributed by atoms with van der Waals surface area (Å²) >= 11 is 0. The molecule has 0 saturated carbocycles. The van der Waals surface area contributed by atoms with Gasteiger partial charge in [-0.1, -0.05) is 104 Å². The number of rotatable bonds is 9. The zero-order valence-corrected chi connectivity index (χ0v) is 15.6. The Bertz CT molecular complexity index is 729. The van der Waals surface area contributed by atoms with Gasteiger partial charge in [0.15, 0.2) is 0 Å². The third-order valence-electron chi connectivity index (χ3n) is 5.24. The van der Waals surface area contributed by atoms with Crippen LogP contribution in [0.15, 0.2) is 91.0 Å². The van der Waals surface area contributed by atoms with Crippen molar-refractivity contribution < 1.29 is 9.90 Å². The van der Waals surface area contributed by atoms with Crippen LogP contribution in [-0.4, -0.2) is 11.1 Å². The van der Waals surface area contributed by atoms with Gasteiger partial charge in [-0.15, -0.1) is 0 Å². The maximum absolute atomic E-state index is 10.8. The molecule has 0 saturated heterocycles. The van der Waals surface area contributed by atoms with E-state index in [1.165, 1.54) is 16.7 Å². The van der Waals surface area contributed by atoms with Gasteiger partial charge in [0.05, 0.1) is 0 Å². The van der Waals surface area contributed by atoms with Crippen LogP contribution in [0.3, 0.4) is 0 Å². The van der Waals surface area contributed by atoms with Crippen LogP contribution in [0.4, 0.5) is 0 Å². The Morgan fingerprint density at radius 1 is 0.630 bits per heavy atom. The first-order valence-corrected chi connectivity index (χ1v) is 9.62. The highest BCUT2D eigenvalue weighted by Crippen LogP contribution is 2.43. The Labute approximate surface area is 161 Å². The molecule has 3 aromatic carbocycles. The maximum atomic E-state index is 10.8. The minimum atomic E-state index is -0.713. The van der Waals surface area contributed by atoms with Gasteiger partial charge in [-0.25, -0.2) is 0 Å². The fourth-order valence-corrected chi connectivity index (χ4v) is 3.94. The summed E-state index contributed by atoms with van der Waals surface area (Å²) in [6.07, 6.45) is 3.82. The number of aliphatic carboxylic acids is 1. The molecule has 0 aromatic heterocycles. The van der Waals surface area contributed by atoms with E-state index in [4.69, 9.17) is 5.11 Å². The van der Waals surface area contributed by atoms with Gasteiger partial charge in [-0.05, 0) is 29.5 Å². The largest absolute Gasteiger partial charge is 0.481 e. The van der Waals surface area contributed by atoms with E-state index in [0.717, 1.165) is 25.7 Å². The van der Waals surface area contributed by atoms with E-state index in [-0.39, 0.29) is 11.8 Å². The van der Waals surface area contributed by atoms with Crippen LogP contribution < -0.4 is 0 Å². The molecule has 0 aliphatic rings. The molecule has 0 fully saturated rings. The van der Waals surface area contributed by atoms with Crippen molar-refractivity contribution in [3.63, 3.8) is 0 Å². The lowest BCUT2D eigenvalue weighted by atomic mass is 9.66. The van der Waals surface area contributed by atoms with Gasteiger partial charge >= 0.3 is 5.97 Å². The van der Waals surface area contributed by atoms with Crippen LogP contribution in [-0.2, 0) is 10.2 Å². The summed E-state index contributed by atoms with van der Waals surface area (Å²) in [6.45, 7) is 0. The van der Waals surface area contributed by atoms with Crippen molar-refractivity contribution in [2.24, 2.45) is 0 Å². The van der Waals surface area contributed by atoms with Gasteiger partial charge < -0.3 is 5.11 Å². The molecule has 2 nitrogen and oxygen atoms in total. The second kappa shape index (κ2) is 9.18. The first-order valence-electron chi connectivity index (χ1n) is 9.62. The van der Waals surface area contributed by atoms with Gasteiger partial charge in [0, 0.05) is 11.8 Å². The Morgan fingerprint density at radius 3 is 1.41 bits per heavy atom. The molecule has 0 aliphatic heterocycles. The Kier molecular flexibility index (Phi) is 6.43. The van der Waals surface area contributed by atoms with Crippen LogP contribution in [0, 0.1) is 0 Å². The van der Waals surface area contributed by atoms with E-state index in [0.29, 0.717) is 0 Å². The molecule has 0 aliphatic carbocycles. The molecular weight excluding hydrogens is 332 g/mol. The maximum Gasteiger partial charge on any atom is 0.303 e.